The second-order valence-corrected chi connectivity index (χ2v) is 5.72. The average Bonchev–Trinajstić information content (AvgIpc) is 2.54. The second-order valence-electron chi connectivity index (χ2n) is 5.46. The van der Waals surface area contributed by atoms with Crippen LogP contribution < -0.4 is 4.90 Å². The lowest BCUT2D eigenvalue weighted by atomic mass is 10.1. The van der Waals surface area contributed by atoms with Crippen LogP contribution in [0.25, 0.3) is 10.8 Å². The number of aromatic nitrogens is 1. The normalized spacial score (nSPS) is 19.1. The molecule has 1 fully saturated rings. The van der Waals surface area contributed by atoms with Gasteiger partial charge in [0.25, 0.3) is 0 Å². The molecule has 0 aliphatic carbocycles. The zero-order chi connectivity index (χ0) is 14.7. The van der Waals surface area contributed by atoms with Gasteiger partial charge in [-0.25, -0.2) is 4.98 Å². The maximum absolute atomic E-state index is 6.01. The Morgan fingerprint density at radius 2 is 2.24 bits per heavy atom. The summed E-state index contributed by atoms with van der Waals surface area (Å²) in [6.07, 6.45) is 2.59. The Kier molecular flexibility index (Phi) is 4.61. The first-order chi connectivity index (χ1) is 10.3. The first kappa shape index (κ1) is 14.6. The predicted molar refractivity (Wildman–Crippen MR) is 88.2 cm³/mol. The Balaban J connectivity index is 1.98. The number of alkyl halides is 1. The fourth-order valence-electron chi connectivity index (χ4n) is 3.05. The van der Waals surface area contributed by atoms with Crippen molar-refractivity contribution in [3.63, 3.8) is 0 Å². The van der Waals surface area contributed by atoms with E-state index in [-0.39, 0.29) is 0 Å². The van der Waals surface area contributed by atoms with Crippen molar-refractivity contribution >= 4 is 28.2 Å². The largest absolute Gasteiger partial charge is 0.377 e. The minimum Gasteiger partial charge on any atom is -0.377 e. The summed E-state index contributed by atoms with van der Waals surface area (Å²) < 4.78 is 5.81. The highest BCUT2D eigenvalue weighted by Crippen LogP contribution is 2.29. The van der Waals surface area contributed by atoms with Gasteiger partial charge in [0.15, 0.2) is 0 Å². The van der Waals surface area contributed by atoms with Gasteiger partial charge in [-0.2, -0.15) is 0 Å². The van der Waals surface area contributed by atoms with E-state index in [2.05, 4.69) is 42.2 Å². The molecular weight excluding hydrogens is 284 g/mol. The van der Waals surface area contributed by atoms with Gasteiger partial charge in [0.05, 0.1) is 17.7 Å². The zero-order valence-electron chi connectivity index (χ0n) is 12.4. The minimum atomic E-state index is 0.309. The van der Waals surface area contributed by atoms with Gasteiger partial charge in [-0.15, -0.1) is 11.6 Å². The minimum absolute atomic E-state index is 0.309. The number of rotatable bonds is 4. The summed E-state index contributed by atoms with van der Waals surface area (Å²) in [4.78, 5) is 7.13. The summed E-state index contributed by atoms with van der Waals surface area (Å²) in [6, 6.07) is 10.5. The lowest BCUT2D eigenvalue weighted by molar-refractivity contribution is 0.0525. The maximum atomic E-state index is 6.01. The van der Waals surface area contributed by atoms with Crippen LogP contribution in [0.15, 0.2) is 30.3 Å². The first-order valence-corrected chi connectivity index (χ1v) is 8.16. The lowest BCUT2D eigenvalue weighted by Crippen LogP contribution is -2.40. The van der Waals surface area contributed by atoms with Crippen molar-refractivity contribution in [2.75, 3.05) is 24.6 Å². The maximum Gasteiger partial charge on any atom is 0.136 e. The summed E-state index contributed by atoms with van der Waals surface area (Å²) in [5, 5.41) is 2.40. The van der Waals surface area contributed by atoms with Crippen LogP contribution in [0, 0.1) is 0 Å². The Morgan fingerprint density at radius 3 is 3.05 bits per heavy atom. The quantitative estimate of drug-likeness (QED) is 0.799. The van der Waals surface area contributed by atoms with Crippen molar-refractivity contribution < 1.29 is 4.74 Å². The molecule has 1 atom stereocenters. The van der Waals surface area contributed by atoms with Gasteiger partial charge in [-0.3, -0.25) is 0 Å². The molecule has 21 heavy (non-hydrogen) atoms. The van der Waals surface area contributed by atoms with E-state index in [1.54, 1.807) is 0 Å². The number of ether oxygens (including phenoxy) is 1. The molecule has 3 nitrogen and oxygen atoms in total. The number of hydrogen-bond acceptors (Lipinski definition) is 3. The van der Waals surface area contributed by atoms with Gasteiger partial charge in [0, 0.05) is 25.1 Å². The third kappa shape index (κ3) is 3.14. The van der Waals surface area contributed by atoms with E-state index >= 15 is 0 Å². The molecule has 2 heterocycles. The smallest absolute Gasteiger partial charge is 0.136 e. The highest BCUT2D eigenvalue weighted by atomic mass is 35.5. The molecule has 1 aliphatic rings. The molecule has 2 aromatic rings. The molecule has 1 aromatic carbocycles. The van der Waals surface area contributed by atoms with E-state index in [1.807, 2.05) is 0 Å². The highest BCUT2D eigenvalue weighted by Gasteiger charge is 2.22. The van der Waals surface area contributed by atoms with E-state index in [0.717, 1.165) is 44.0 Å². The molecular formula is C17H21ClN2O. The summed E-state index contributed by atoms with van der Waals surface area (Å²) in [5.74, 6) is 1.49. The van der Waals surface area contributed by atoms with Crippen LogP contribution in [-0.4, -0.2) is 30.8 Å². The van der Waals surface area contributed by atoms with E-state index in [9.17, 15) is 0 Å². The van der Waals surface area contributed by atoms with Crippen LogP contribution in [0.1, 0.15) is 25.5 Å². The molecule has 1 saturated heterocycles. The van der Waals surface area contributed by atoms with E-state index < -0.39 is 0 Å². The van der Waals surface area contributed by atoms with Crippen LogP contribution >= 0.6 is 11.6 Å². The monoisotopic (exact) mass is 304 g/mol. The topological polar surface area (TPSA) is 25.4 Å². The van der Waals surface area contributed by atoms with E-state index in [0.29, 0.717) is 12.0 Å². The Hall–Kier alpha value is -1.32. The van der Waals surface area contributed by atoms with Crippen LogP contribution in [-0.2, 0) is 10.6 Å². The third-order valence-electron chi connectivity index (χ3n) is 3.99. The Labute approximate surface area is 130 Å². The molecule has 4 heteroatoms. The number of pyridine rings is 1. The fraction of sp³-hybridized carbons (Fsp3) is 0.471. The Morgan fingerprint density at radius 1 is 1.38 bits per heavy atom. The van der Waals surface area contributed by atoms with Gasteiger partial charge < -0.3 is 9.64 Å². The average molecular weight is 305 g/mol. The summed E-state index contributed by atoms with van der Waals surface area (Å²) in [7, 11) is 0. The summed E-state index contributed by atoms with van der Waals surface area (Å²) in [5.41, 5.74) is 0.934. The van der Waals surface area contributed by atoms with Crippen molar-refractivity contribution in [3.8, 4) is 0 Å². The number of piperidine rings is 1. The molecule has 1 aromatic heterocycles. The number of benzene rings is 1. The van der Waals surface area contributed by atoms with Gasteiger partial charge in [-0.1, -0.05) is 24.3 Å². The predicted octanol–water partition coefficient (Wildman–Crippen LogP) is 3.98. The standard InChI is InChI=1S/C17H21ClN2O/c1-2-21-15-7-5-9-20(12-15)17-16-8-4-3-6-13(16)10-14(11-18)19-17/h3-4,6,8,10,15H,2,5,7,9,11-12H2,1H3. The fourth-order valence-corrected chi connectivity index (χ4v) is 3.18. The third-order valence-corrected chi connectivity index (χ3v) is 4.26. The number of anilines is 1. The van der Waals surface area contributed by atoms with Crippen LogP contribution in [0.3, 0.4) is 0 Å². The SMILES string of the molecule is CCOC1CCCN(c2nc(CCl)cc3ccccc23)C1. The number of nitrogens with zero attached hydrogens (tertiary/aromatic N) is 2. The van der Waals surface area contributed by atoms with Crippen LogP contribution in [0.2, 0.25) is 0 Å². The number of halogens is 1. The number of hydrogen-bond donors (Lipinski definition) is 0. The molecule has 1 unspecified atom stereocenters. The molecule has 0 radical (unpaired) electrons. The molecule has 0 N–H and O–H groups in total. The zero-order valence-corrected chi connectivity index (χ0v) is 13.1. The van der Waals surface area contributed by atoms with E-state index in [1.165, 1.54) is 10.8 Å². The van der Waals surface area contributed by atoms with Crippen molar-refractivity contribution in [1.29, 1.82) is 0 Å². The second kappa shape index (κ2) is 6.63. The molecule has 0 amide bonds. The summed E-state index contributed by atoms with van der Waals surface area (Å²) >= 11 is 6.01. The molecule has 112 valence electrons. The first-order valence-electron chi connectivity index (χ1n) is 7.63. The van der Waals surface area contributed by atoms with Crippen molar-refractivity contribution in [2.24, 2.45) is 0 Å². The van der Waals surface area contributed by atoms with Crippen molar-refractivity contribution in [2.45, 2.75) is 31.7 Å². The molecule has 1 aliphatic heterocycles. The molecule has 3 rings (SSSR count). The van der Waals surface area contributed by atoms with Gasteiger partial charge >= 0.3 is 0 Å². The van der Waals surface area contributed by atoms with Crippen LogP contribution in [0.4, 0.5) is 5.82 Å². The summed E-state index contributed by atoms with van der Waals surface area (Å²) in [6.45, 7) is 4.78. The molecule has 0 saturated carbocycles. The van der Waals surface area contributed by atoms with Crippen molar-refractivity contribution in [1.82, 2.24) is 4.98 Å². The molecule has 0 spiro atoms. The van der Waals surface area contributed by atoms with E-state index in [4.69, 9.17) is 21.3 Å². The lowest BCUT2D eigenvalue weighted by Gasteiger charge is -2.34. The van der Waals surface area contributed by atoms with Gasteiger partial charge in [-0.05, 0) is 31.2 Å². The van der Waals surface area contributed by atoms with Gasteiger partial charge in [0.1, 0.15) is 5.82 Å². The van der Waals surface area contributed by atoms with Gasteiger partial charge in [0.2, 0.25) is 0 Å². The number of fused-ring (bicyclic) bond motifs is 1. The van der Waals surface area contributed by atoms with Crippen LogP contribution in [0.5, 0.6) is 0 Å². The highest BCUT2D eigenvalue weighted by molar-refractivity contribution is 6.17. The Bertz CT molecular complexity index is 615. The van der Waals surface area contributed by atoms with Crippen molar-refractivity contribution in [3.05, 3.63) is 36.0 Å². The molecule has 0 bridgehead atoms.